The molecule has 0 fully saturated rings. The van der Waals surface area contributed by atoms with Crippen LogP contribution < -0.4 is 21.3 Å². The van der Waals surface area contributed by atoms with Crippen LogP contribution in [0.2, 0.25) is 0 Å². The van der Waals surface area contributed by atoms with Gasteiger partial charge in [-0.15, -0.1) is 0 Å². The van der Waals surface area contributed by atoms with E-state index in [9.17, 15) is 14.7 Å². The molecule has 0 saturated carbocycles. The summed E-state index contributed by atoms with van der Waals surface area (Å²) in [6.45, 7) is 0.636. The molecule has 152 valence electrons. The largest absolute Gasteiger partial charge is 0.497 e. The van der Waals surface area contributed by atoms with Gasteiger partial charge in [-0.3, -0.25) is 9.78 Å². The van der Waals surface area contributed by atoms with Crippen LogP contribution in [0.3, 0.4) is 0 Å². The highest BCUT2D eigenvalue weighted by Crippen LogP contribution is 2.35. The highest BCUT2D eigenvalue weighted by molar-refractivity contribution is 5.85. The maximum Gasteiger partial charge on any atom is 0.335 e. The fraction of sp³-hybridized carbons (Fsp3) is 0.182. The van der Waals surface area contributed by atoms with Crippen molar-refractivity contribution in [1.29, 1.82) is 0 Å². The molecule has 1 aliphatic rings. The Bertz CT molecular complexity index is 1380. The average molecular weight is 404 g/mol. The number of methoxy groups -OCH3 is 1. The lowest BCUT2D eigenvalue weighted by Gasteiger charge is -2.25. The van der Waals surface area contributed by atoms with Crippen LogP contribution in [0.15, 0.2) is 58.1 Å². The van der Waals surface area contributed by atoms with Gasteiger partial charge in [0.05, 0.1) is 18.8 Å². The number of para-hydroxylation sites is 1. The summed E-state index contributed by atoms with van der Waals surface area (Å²) in [5.41, 5.74) is 2.02. The number of aromatic hydroxyl groups is 1. The topological polar surface area (TPSA) is 112 Å². The smallest absolute Gasteiger partial charge is 0.335 e. The lowest BCUT2D eigenvalue weighted by atomic mass is 9.95. The van der Waals surface area contributed by atoms with Gasteiger partial charge in [-0.1, -0.05) is 24.3 Å². The van der Waals surface area contributed by atoms with Crippen molar-refractivity contribution in [3.8, 4) is 17.3 Å². The summed E-state index contributed by atoms with van der Waals surface area (Å²) < 4.78 is 6.30. The van der Waals surface area contributed by atoms with Crippen LogP contribution in [0, 0.1) is 0 Å². The van der Waals surface area contributed by atoms with E-state index >= 15 is 0 Å². The van der Waals surface area contributed by atoms with Crippen molar-refractivity contribution in [2.45, 2.75) is 12.5 Å². The van der Waals surface area contributed by atoms with Gasteiger partial charge in [0.25, 0.3) is 5.56 Å². The third-order valence-electron chi connectivity index (χ3n) is 5.58. The number of ether oxygens (including phenoxy) is 1. The Kier molecular flexibility index (Phi) is 4.22. The van der Waals surface area contributed by atoms with E-state index in [2.05, 4.69) is 15.3 Å². The van der Waals surface area contributed by atoms with Crippen molar-refractivity contribution in [3.05, 3.63) is 86.2 Å². The second-order valence-corrected chi connectivity index (χ2v) is 7.23. The Morgan fingerprint density at radius 3 is 2.77 bits per heavy atom. The molecule has 5 rings (SSSR count). The van der Waals surface area contributed by atoms with Crippen molar-refractivity contribution in [2.75, 3.05) is 13.7 Å². The fourth-order valence-corrected chi connectivity index (χ4v) is 4.21. The van der Waals surface area contributed by atoms with E-state index < -0.39 is 23.2 Å². The van der Waals surface area contributed by atoms with Crippen molar-refractivity contribution in [2.24, 2.45) is 0 Å². The van der Waals surface area contributed by atoms with Gasteiger partial charge in [0, 0.05) is 29.2 Å². The molecule has 0 amide bonds. The van der Waals surface area contributed by atoms with Crippen molar-refractivity contribution >= 4 is 10.9 Å². The first-order chi connectivity index (χ1) is 14.6. The number of nitrogens with zero attached hydrogens (tertiary/aromatic N) is 1. The molecule has 0 saturated heterocycles. The highest BCUT2D eigenvalue weighted by atomic mass is 16.5. The SMILES string of the molecule is COc1cccc(-n2c(O)c(C3NCCc4c3[nH]c3ccccc43)c(=O)[nH]c2=O)c1. The third-order valence-corrected chi connectivity index (χ3v) is 5.58. The van der Waals surface area contributed by atoms with Crippen molar-refractivity contribution < 1.29 is 9.84 Å². The molecule has 1 aliphatic heterocycles. The Morgan fingerprint density at radius 1 is 1.10 bits per heavy atom. The summed E-state index contributed by atoms with van der Waals surface area (Å²) in [4.78, 5) is 31.1. The zero-order valence-electron chi connectivity index (χ0n) is 16.2. The van der Waals surface area contributed by atoms with Gasteiger partial charge in [-0.25, -0.2) is 9.36 Å². The lowest BCUT2D eigenvalue weighted by Crippen LogP contribution is -2.38. The zero-order chi connectivity index (χ0) is 20.8. The molecule has 0 bridgehead atoms. The van der Waals surface area contributed by atoms with Gasteiger partial charge in [-0.2, -0.15) is 0 Å². The van der Waals surface area contributed by atoms with E-state index in [1.807, 2.05) is 24.3 Å². The molecule has 8 heteroatoms. The summed E-state index contributed by atoms with van der Waals surface area (Å²) in [7, 11) is 1.52. The Morgan fingerprint density at radius 2 is 1.93 bits per heavy atom. The number of benzene rings is 2. The lowest BCUT2D eigenvalue weighted by molar-refractivity contribution is 0.406. The maximum atomic E-state index is 12.8. The summed E-state index contributed by atoms with van der Waals surface area (Å²) in [6.07, 6.45) is 0.796. The number of nitrogens with one attached hydrogen (secondary N) is 3. The first-order valence-corrected chi connectivity index (χ1v) is 9.64. The number of hydrogen-bond acceptors (Lipinski definition) is 5. The molecule has 2 aromatic heterocycles. The molecular formula is C22H20N4O4. The summed E-state index contributed by atoms with van der Waals surface area (Å²) >= 11 is 0. The molecule has 0 radical (unpaired) electrons. The quantitative estimate of drug-likeness (QED) is 0.417. The van der Waals surface area contributed by atoms with Gasteiger partial charge in [0.1, 0.15) is 11.3 Å². The second kappa shape index (κ2) is 6.93. The fourth-order valence-electron chi connectivity index (χ4n) is 4.21. The normalized spacial score (nSPS) is 15.8. The molecule has 0 spiro atoms. The summed E-state index contributed by atoms with van der Waals surface area (Å²) in [6, 6.07) is 14.1. The van der Waals surface area contributed by atoms with Gasteiger partial charge < -0.3 is 20.1 Å². The van der Waals surface area contributed by atoms with E-state index in [4.69, 9.17) is 4.74 Å². The van der Waals surface area contributed by atoms with Gasteiger partial charge in [-0.05, 0) is 30.2 Å². The first kappa shape index (κ1) is 18.3. The summed E-state index contributed by atoms with van der Waals surface area (Å²) in [5.74, 6) is 0.126. The molecule has 8 nitrogen and oxygen atoms in total. The van der Waals surface area contributed by atoms with E-state index in [1.54, 1.807) is 24.3 Å². The van der Waals surface area contributed by atoms with Crippen LogP contribution in [0.4, 0.5) is 0 Å². The van der Waals surface area contributed by atoms with Crippen LogP contribution in [0.25, 0.3) is 16.6 Å². The van der Waals surface area contributed by atoms with Crippen LogP contribution in [-0.4, -0.2) is 33.3 Å². The minimum atomic E-state index is -0.720. The van der Waals surface area contributed by atoms with Crippen molar-refractivity contribution in [1.82, 2.24) is 19.9 Å². The predicted octanol–water partition coefficient (Wildman–Crippen LogP) is 1.96. The second-order valence-electron chi connectivity index (χ2n) is 7.23. The predicted molar refractivity (Wildman–Crippen MR) is 113 cm³/mol. The van der Waals surface area contributed by atoms with Gasteiger partial charge in [0.2, 0.25) is 5.88 Å². The van der Waals surface area contributed by atoms with E-state index in [0.717, 1.165) is 33.1 Å². The molecule has 30 heavy (non-hydrogen) atoms. The van der Waals surface area contributed by atoms with Crippen LogP contribution >= 0.6 is 0 Å². The van der Waals surface area contributed by atoms with Crippen LogP contribution in [0.1, 0.15) is 22.9 Å². The minimum absolute atomic E-state index is 0.0879. The number of H-pyrrole nitrogens is 2. The molecule has 4 N–H and O–H groups in total. The molecule has 1 atom stereocenters. The zero-order valence-corrected chi connectivity index (χ0v) is 16.2. The van der Waals surface area contributed by atoms with E-state index in [1.165, 1.54) is 7.11 Å². The highest BCUT2D eigenvalue weighted by Gasteiger charge is 2.31. The molecule has 4 aromatic rings. The number of hydrogen-bond donors (Lipinski definition) is 4. The Hall–Kier alpha value is -3.78. The first-order valence-electron chi connectivity index (χ1n) is 9.64. The van der Waals surface area contributed by atoms with Crippen molar-refractivity contribution in [3.63, 3.8) is 0 Å². The molecule has 3 heterocycles. The van der Waals surface area contributed by atoms with E-state index in [0.29, 0.717) is 18.0 Å². The van der Waals surface area contributed by atoms with Crippen LogP contribution in [-0.2, 0) is 6.42 Å². The van der Waals surface area contributed by atoms with Gasteiger partial charge >= 0.3 is 5.69 Å². The molecule has 2 aromatic carbocycles. The molecular weight excluding hydrogens is 384 g/mol. The Balaban J connectivity index is 1.73. The van der Waals surface area contributed by atoms with E-state index in [-0.39, 0.29) is 5.56 Å². The number of rotatable bonds is 3. The average Bonchev–Trinajstić information content (AvgIpc) is 3.13. The number of fused-ring (bicyclic) bond motifs is 3. The Labute approximate surface area is 170 Å². The third kappa shape index (κ3) is 2.73. The van der Waals surface area contributed by atoms with Gasteiger partial charge in [0.15, 0.2) is 0 Å². The summed E-state index contributed by atoms with van der Waals surface area (Å²) in [5, 5.41) is 15.5. The monoisotopic (exact) mass is 404 g/mol. The molecule has 1 unspecified atom stereocenters. The number of aromatic nitrogens is 3. The van der Waals surface area contributed by atoms with Crippen LogP contribution in [0.5, 0.6) is 11.6 Å². The molecule has 0 aliphatic carbocycles. The number of aromatic amines is 2. The maximum absolute atomic E-state index is 12.8. The minimum Gasteiger partial charge on any atom is -0.497 e. The standard InChI is InChI=1S/C22H20N4O4/c1-30-13-6-4-5-12(11-13)26-21(28)17(20(27)25-22(26)29)19-18-15(9-10-23-19)14-7-2-3-8-16(14)24-18/h2-8,11,19,23-24,28H,9-10H2,1H3,(H,25,27,29).